The lowest BCUT2D eigenvalue weighted by molar-refractivity contribution is 0.0993. The molecular weight excluding hydrogens is 384 g/mol. The fraction of sp³-hybridized carbons (Fsp3) is 0.0870. The van der Waals surface area contributed by atoms with Crippen molar-refractivity contribution in [2.24, 2.45) is 0 Å². The van der Waals surface area contributed by atoms with Crippen molar-refractivity contribution in [3.63, 3.8) is 0 Å². The number of aromatic nitrogens is 2. The number of amides is 1. The van der Waals surface area contributed by atoms with E-state index in [0.717, 1.165) is 27.8 Å². The Morgan fingerprint density at radius 1 is 1.00 bits per heavy atom. The van der Waals surface area contributed by atoms with E-state index in [1.165, 1.54) is 0 Å². The maximum Gasteiger partial charge on any atom is 0.258 e. The number of fused-ring (bicyclic) bond motifs is 1. The monoisotopic (exact) mass is 402 g/mol. The van der Waals surface area contributed by atoms with E-state index in [1.807, 2.05) is 48.5 Å². The molecule has 1 N–H and O–H groups in total. The molecule has 0 saturated heterocycles. The highest BCUT2D eigenvalue weighted by molar-refractivity contribution is 6.31. The normalized spacial score (nSPS) is 10.7. The van der Waals surface area contributed by atoms with E-state index in [4.69, 9.17) is 11.6 Å². The van der Waals surface area contributed by atoms with Crippen molar-refractivity contribution in [1.29, 1.82) is 0 Å². The van der Waals surface area contributed by atoms with Crippen LogP contribution in [0.3, 0.4) is 0 Å². The minimum Gasteiger partial charge on any atom is -0.380 e. The number of benzene rings is 2. The van der Waals surface area contributed by atoms with E-state index < -0.39 is 0 Å². The molecule has 0 aliphatic rings. The van der Waals surface area contributed by atoms with Crippen LogP contribution in [0.1, 0.15) is 15.9 Å². The van der Waals surface area contributed by atoms with Crippen molar-refractivity contribution in [1.82, 2.24) is 9.97 Å². The van der Waals surface area contributed by atoms with Crippen molar-refractivity contribution in [3.8, 4) is 0 Å². The van der Waals surface area contributed by atoms with Gasteiger partial charge in [-0.1, -0.05) is 23.7 Å². The van der Waals surface area contributed by atoms with Crippen LogP contribution < -0.4 is 10.2 Å². The molecule has 4 aromatic rings. The Bertz CT molecular complexity index is 1150. The highest BCUT2D eigenvalue weighted by atomic mass is 35.5. The number of carbonyl (C=O) groups excluding carboxylic acids is 1. The molecule has 1 amide bonds. The summed E-state index contributed by atoms with van der Waals surface area (Å²) in [5, 5.41) is 5.14. The summed E-state index contributed by atoms with van der Waals surface area (Å²) in [6.45, 7) is 0.657. The van der Waals surface area contributed by atoms with Gasteiger partial charge in [-0.15, -0.1) is 0 Å². The highest BCUT2D eigenvalue weighted by Crippen LogP contribution is 2.25. The number of hydrogen-bond acceptors (Lipinski definition) is 4. The number of nitrogens with zero attached hydrogens (tertiary/aromatic N) is 3. The number of halogens is 1. The van der Waals surface area contributed by atoms with Gasteiger partial charge in [-0.3, -0.25) is 14.8 Å². The largest absolute Gasteiger partial charge is 0.380 e. The summed E-state index contributed by atoms with van der Waals surface area (Å²) in [5.74, 6) is -0.0693. The molecule has 0 aliphatic carbocycles. The van der Waals surface area contributed by atoms with Crippen LogP contribution in [-0.2, 0) is 6.54 Å². The number of pyridine rings is 2. The zero-order chi connectivity index (χ0) is 20.2. The van der Waals surface area contributed by atoms with E-state index in [1.54, 1.807) is 42.7 Å². The van der Waals surface area contributed by atoms with Crippen LogP contribution in [0.15, 0.2) is 79.3 Å². The molecular formula is C23H19ClN4O. The number of hydrogen-bond donors (Lipinski definition) is 1. The maximum atomic E-state index is 12.6. The predicted octanol–water partition coefficient (Wildman–Crippen LogP) is 5.17. The molecule has 0 atom stereocenters. The second kappa shape index (κ2) is 8.29. The van der Waals surface area contributed by atoms with Crippen LogP contribution in [0.4, 0.5) is 11.4 Å². The van der Waals surface area contributed by atoms with Crippen LogP contribution in [-0.4, -0.2) is 22.9 Å². The van der Waals surface area contributed by atoms with Crippen LogP contribution in [0.5, 0.6) is 0 Å². The third kappa shape index (κ3) is 4.20. The Morgan fingerprint density at radius 3 is 2.52 bits per heavy atom. The van der Waals surface area contributed by atoms with Gasteiger partial charge >= 0.3 is 0 Å². The van der Waals surface area contributed by atoms with Crippen molar-refractivity contribution in [3.05, 3.63) is 95.4 Å². The van der Waals surface area contributed by atoms with E-state index >= 15 is 0 Å². The summed E-state index contributed by atoms with van der Waals surface area (Å²) in [6.07, 6.45) is 5.00. The molecule has 0 bridgehead atoms. The van der Waals surface area contributed by atoms with Gasteiger partial charge in [-0.25, -0.2) is 0 Å². The second-order valence-electron chi connectivity index (χ2n) is 6.64. The minimum absolute atomic E-state index is 0.0693. The SMILES string of the molecule is CN(C(=O)c1ccncc1)c1ccc(CNc2ccnc3cc(Cl)ccc23)cc1. The lowest BCUT2D eigenvalue weighted by Gasteiger charge is -2.18. The van der Waals surface area contributed by atoms with Gasteiger partial charge in [-0.2, -0.15) is 0 Å². The van der Waals surface area contributed by atoms with Crippen LogP contribution >= 0.6 is 11.6 Å². The molecule has 0 aliphatic heterocycles. The average molecular weight is 403 g/mol. The van der Waals surface area contributed by atoms with Gasteiger partial charge < -0.3 is 10.2 Å². The molecule has 2 aromatic carbocycles. The Hall–Kier alpha value is -3.44. The quantitative estimate of drug-likeness (QED) is 0.500. The fourth-order valence-electron chi connectivity index (χ4n) is 3.12. The molecule has 0 fully saturated rings. The molecule has 0 saturated carbocycles. The average Bonchev–Trinajstić information content (AvgIpc) is 2.77. The number of rotatable bonds is 5. The smallest absolute Gasteiger partial charge is 0.258 e. The van der Waals surface area contributed by atoms with E-state index in [-0.39, 0.29) is 5.91 Å². The molecule has 0 spiro atoms. The Kier molecular flexibility index (Phi) is 5.40. The van der Waals surface area contributed by atoms with Crippen molar-refractivity contribution in [2.75, 3.05) is 17.3 Å². The van der Waals surface area contributed by atoms with Crippen molar-refractivity contribution < 1.29 is 4.79 Å². The molecule has 2 heterocycles. The third-order valence-corrected chi connectivity index (χ3v) is 4.98. The van der Waals surface area contributed by atoms with Crippen LogP contribution in [0, 0.1) is 0 Å². The van der Waals surface area contributed by atoms with Gasteiger partial charge in [0, 0.05) is 59.5 Å². The third-order valence-electron chi connectivity index (χ3n) is 4.74. The lowest BCUT2D eigenvalue weighted by atomic mass is 10.1. The Labute approximate surface area is 174 Å². The Balaban J connectivity index is 1.46. The van der Waals surface area contributed by atoms with Gasteiger partial charge in [-0.05, 0) is 54.1 Å². The molecule has 29 heavy (non-hydrogen) atoms. The van der Waals surface area contributed by atoms with Crippen molar-refractivity contribution in [2.45, 2.75) is 6.54 Å². The summed E-state index contributed by atoms with van der Waals surface area (Å²) < 4.78 is 0. The highest BCUT2D eigenvalue weighted by Gasteiger charge is 2.13. The van der Waals surface area contributed by atoms with Gasteiger partial charge in [0.2, 0.25) is 0 Å². The standard InChI is InChI=1S/C23H19ClN4O/c1-28(23(29)17-8-11-25-12-9-17)19-5-2-16(3-6-19)15-27-21-10-13-26-22-14-18(24)4-7-20(21)22/h2-14H,15H2,1H3,(H,26,27). The van der Waals surface area contributed by atoms with Crippen molar-refractivity contribution >= 4 is 39.8 Å². The summed E-state index contributed by atoms with van der Waals surface area (Å²) >= 11 is 6.05. The first-order valence-corrected chi connectivity index (χ1v) is 9.55. The molecule has 0 unspecified atom stereocenters. The molecule has 6 heteroatoms. The fourth-order valence-corrected chi connectivity index (χ4v) is 3.28. The van der Waals surface area contributed by atoms with Gasteiger partial charge in [0.1, 0.15) is 0 Å². The predicted molar refractivity (Wildman–Crippen MR) is 117 cm³/mol. The number of carbonyl (C=O) groups is 1. The molecule has 0 radical (unpaired) electrons. The van der Waals surface area contributed by atoms with Crippen LogP contribution in [0.25, 0.3) is 10.9 Å². The first kappa shape index (κ1) is 18.9. The maximum absolute atomic E-state index is 12.6. The second-order valence-corrected chi connectivity index (χ2v) is 7.08. The van der Waals surface area contributed by atoms with Gasteiger partial charge in [0.25, 0.3) is 5.91 Å². The first-order valence-electron chi connectivity index (χ1n) is 9.17. The minimum atomic E-state index is -0.0693. The molecule has 5 nitrogen and oxygen atoms in total. The zero-order valence-corrected chi connectivity index (χ0v) is 16.6. The van der Waals surface area contributed by atoms with Gasteiger partial charge in [0.15, 0.2) is 0 Å². The van der Waals surface area contributed by atoms with E-state index in [0.29, 0.717) is 17.1 Å². The molecule has 144 valence electrons. The van der Waals surface area contributed by atoms with E-state index in [2.05, 4.69) is 15.3 Å². The summed E-state index contributed by atoms with van der Waals surface area (Å²) in [4.78, 5) is 22.5. The van der Waals surface area contributed by atoms with Gasteiger partial charge in [0.05, 0.1) is 5.52 Å². The number of anilines is 2. The summed E-state index contributed by atoms with van der Waals surface area (Å²) in [7, 11) is 1.77. The van der Waals surface area contributed by atoms with E-state index in [9.17, 15) is 4.79 Å². The lowest BCUT2D eigenvalue weighted by Crippen LogP contribution is -2.26. The molecule has 2 aromatic heterocycles. The summed E-state index contributed by atoms with van der Waals surface area (Å²) in [5.41, 5.74) is 4.41. The zero-order valence-electron chi connectivity index (χ0n) is 15.8. The number of nitrogens with one attached hydrogen (secondary N) is 1. The van der Waals surface area contributed by atoms with Crippen LogP contribution in [0.2, 0.25) is 5.02 Å². The molecule has 4 rings (SSSR count). The topological polar surface area (TPSA) is 58.1 Å². The summed E-state index contributed by atoms with van der Waals surface area (Å²) in [6, 6.07) is 19.0. The first-order chi connectivity index (χ1) is 14.1. The Morgan fingerprint density at radius 2 is 1.76 bits per heavy atom.